The molecule has 1 aliphatic carbocycles. The average molecular weight is 514 g/mol. The molecule has 2 heterocycles. The summed E-state index contributed by atoms with van der Waals surface area (Å²) in [4.78, 5) is 19.4. The molecule has 2 unspecified atom stereocenters. The number of pyridine rings is 1. The number of ether oxygens (including phenoxy) is 1. The van der Waals surface area contributed by atoms with Gasteiger partial charge in [0.2, 0.25) is 0 Å². The SMILES string of the molecule is COC(=O)C1(Cc2nc(Br)ccc2F)CCN(C2(c3cccc(Cl)c3F)CC2)C(C)C1. The molecule has 0 radical (unpaired) electrons. The fraction of sp³-hybridized carbons (Fsp3) is 0.478. The molecule has 2 fully saturated rings. The molecular weight excluding hydrogens is 490 g/mol. The Morgan fingerprint density at radius 3 is 2.68 bits per heavy atom. The third kappa shape index (κ3) is 4.00. The summed E-state index contributed by atoms with van der Waals surface area (Å²) in [5, 5.41) is 0.119. The lowest BCUT2D eigenvalue weighted by molar-refractivity contribution is -0.158. The zero-order valence-corrected chi connectivity index (χ0v) is 19.8. The van der Waals surface area contributed by atoms with Crippen LogP contribution in [0.25, 0.3) is 0 Å². The van der Waals surface area contributed by atoms with Crippen LogP contribution in [0.4, 0.5) is 8.78 Å². The van der Waals surface area contributed by atoms with E-state index in [9.17, 15) is 13.6 Å². The van der Waals surface area contributed by atoms with Gasteiger partial charge in [0, 0.05) is 30.1 Å². The van der Waals surface area contributed by atoms with Gasteiger partial charge in [-0.05, 0) is 66.7 Å². The van der Waals surface area contributed by atoms with Gasteiger partial charge in [0.1, 0.15) is 16.2 Å². The first-order chi connectivity index (χ1) is 14.7. The average Bonchev–Trinajstić information content (AvgIpc) is 3.53. The first-order valence-electron chi connectivity index (χ1n) is 10.3. The second kappa shape index (κ2) is 8.41. The van der Waals surface area contributed by atoms with Crippen LogP contribution in [0.2, 0.25) is 5.02 Å². The first kappa shape index (κ1) is 22.6. The van der Waals surface area contributed by atoms with Crippen molar-refractivity contribution < 1.29 is 18.3 Å². The standard InChI is InChI=1S/C23H24BrClF2N2O2/c1-14-12-22(21(30)31-2,13-18-17(26)6-7-19(24)28-18)10-11-29(14)23(8-9-23)15-4-3-5-16(25)20(15)27/h3-7,14H,8-13H2,1-2H3. The smallest absolute Gasteiger partial charge is 0.312 e. The lowest BCUT2D eigenvalue weighted by Crippen LogP contribution is -2.54. The molecular formula is C23H24BrClF2N2O2. The highest BCUT2D eigenvalue weighted by atomic mass is 79.9. The number of rotatable bonds is 5. The molecule has 1 aromatic carbocycles. The van der Waals surface area contributed by atoms with Gasteiger partial charge in [-0.25, -0.2) is 13.8 Å². The number of benzene rings is 1. The second-order valence-corrected chi connectivity index (χ2v) is 9.86. The van der Waals surface area contributed by atoms with E-state index in [-0.39, 0.29) is 35.0 Å². The van der Waals surface area contributed by atoms with E-state index in [2.05, 4.69) is 25.8 Å². The number of methoxy groups -OCH3 is 1. The summed E-state index contributed by atoms with van der Waals surface area (Å²) in [5.41, 5.74) is -0.447. The van der Waals surface area contributed by atoms with Gasteiger partial charge >= 0.3 is 5.97 Å². The zero-order chi connectivity index (χ0) is 22.4. The van der Waals surface area contributed by atoms with Crippen LogP contribution in [-0.2, 0) is 21.5 Å². The third-order valence-electron chi connectivity index (χ3n) is 6.78. The Labute approximate surface area is 194 Å². The molecule has 31 heavy (non-hydrogen) atoms. The molecule has 0 spiro atoms. The van der Waals surface area contributed by atoms with Gasteiger partial charge in [0.25, 0.3) is 0 Å². The van der Waals surface area contributed by atoms with Crippen LogP contribution in [0, 0.1) is 17.0 Å². The summed E-state index contributed by atoms with van der Waals surface area (Å²) in [6, 6.07) is 7.96. The van der Waals surface area contributed by atoms with Crippen molar-refractivity contribution >= 4 is 33.5 Å². The molecule has 1 saturated heterocycles. The van der Waals surface area contributed by atoms with Crippen LogP contribution in [0.1, 0.15) is 43.9 Å². The number of carbonyl (C=O) groups excluding carboxylic acids is 1. The molecule has 8 heteroatoms. The molecule has 1 saturated carbocycles. The first-order valence-corrected chi connectivity index (χ1v) is 11.5. The van der Waals surface area contributed by atoms with E-state index in [0.717, 1.165) is 12.8 Å². The maximum atomic E-state index is 14.8. The number of esters is 1. The van der Waals surface area contributed by atoms with Gasteiger partial charge in [-0.2, -0.15) is 0 Å². The minimum absolute atomic E-state index is 0.0380. The largest absolute Gasteiger partial charge is 0.469 e. The van der Waals surface area contributed by atoms with Crippen LogP contribution >= 0.6 is 27.5 Å². The molecule has 166 valence electrons. The fourth-order valence-corrected chi connectivity index (χ4v) is 5.72. The van der Waals surface area contributed by atoms with Crippen LogP contribution in [0.15, 0.2) is 34.9 Å². The van der Waals surface area contributed by atoms with Gasteiger partial charge < -0.3 is 4.74 Å². The number of aromatic nitrogens is 1. The molecule has 0 N–H and O–H groups in total. The fourth-order valence-electron chi connectivity index (χ4n) is 5.20. The van der Waals surface area contributed by atoms with Crippen LogP contribution in [-0.4, -0.2) is 35.5 Å². The molecule has 4 rings (SSSR count). The quantitative estimate of drug-likeness (QED) is 0.383. The van der Waals surface area contributed by atoms with Crippen molar-refractivity contribution in [3.8, 4) is 0 Å². The van der Waals surface area contributed by atoms with E-state index in [1.807, 2.05) is 6.92 Å². The topological polar surface area (TPSA) is 42.4 Å². The Morgan fingerprint density at radius 1 is 1.29 bits per heavy atom. The molecule has 2 atom stereocenters. The van der Waals surface area contributed by atoms with E-state index in [4.69, 9.17) is 16.3 Å². The molecule has 2 aromatic rings. The molecule has 0 amide bonds. The Kier molecular flexibility index (Phi) is 6.14. The number of hydrogen-bond donors (Lipinski definition) is 0. The molecule has 4 nitrogen and oxygen atoms in total. The lowest BCUT2D eigenvalue weighted by atomic mass is 9.71. The number of nitrogens with zero attached hydrogens (tertiary/aromatic N) is 2. The summed E-state index contributed by atoms with van der Waals surface area (Å²) in [5.74, 6) is -1.18. The van der Waals surface area contributed by atoms with Crippen LogP contribution in [0.5, 0.6) is 0 Å². The van der Waals surface area contributed by atoms with Crippen molar-refractivity contribution in [2.45, 2.75) is 50.6 Å². The predicted molar refractivity (Wildman–Crippen MR) is 118 cm³/mol. The lowest BCUT2D eigenvalue weighted by Gasteiger charge is -2.47. The second-order valence-electron chi connectivity index (χ2n) is 8.64. The van der Waals surface area contributed by atoms with Crippen molar-refractivity contribution in [1.29, 1.82) is 0 Å². The molecule has 1 aromatic heterocycles. The van der Waals surface area contributed by atoms with Crippen molar-refractivity contribution in [2.24, 2.45) is 5.41 Å². The minimum atomic E-state index is -0.887. The van der Waals surface area contributed by atoms with Crippen LogP contribution < -0.4 is 0 Å². The monoisotopic (exact) mass is 512 g/mol. The van der Waals surface area contributed by atoms with E-state index in [1.165, 1.54) is 19.2 Å². The highest BCUT2D eigenvalue weighted by molar-refractivity contribution is 9.10. The Hall–Kier alpha value is -1.57. The van der Waals surface area contributed by atoms with Gasteiger partial charge in [-0.15, -0.1) is 0 Å². The van der Waals surface area contributed by atoms with Crippen molar-refractivity contribution in [3.63, 3.8) is 0 Å². The van der Waals surface area contributed by atoms with Gasteiger partial charge in [0.15, 0.2) is 0 Å². The minimum Gasteiger partial charge on any atom is -0.469 e. The van der Waals surface area contributed by atoms with Crippen molar-refractivity contribution in [3.05, 3.63) is 62.8 Å². The third-order valence-corrected chi connectivity index (χ3v) is 7.52. The highest BCUT2D eigenvalue weighted by Gasteiger charge is 2.56. The summed E-state index contributed by atoms with van der Waals surface area (Å²) >= 11 is 9.32. The maximum Gasteiger partial charge on any atom is 0.312 e. The molecule has 2 aliphatic rings. The highest BCUT2D eigenvalue weighted by Crippen LogP contribution is 2.56. The van der Waals surface area contributed by atoms with Crippen molar-refractivity contribution in [2.75, 3.05) is 13.7 Å². The van der Waals surface area contributed by atoms with E-state index in [1.54, 1.807) is 18.2 Å². The Balaban J connectivity index is 1.63. The summed E-state index contributed by atoms with van der Waals surface area (Å²) in [6.45, 7) is 2.60. The zero-order valence-electron chi connectivity index (χ0n) is 17.4. The van der Waals surface area contributed by atoms with Gasteiger partial charge in [-0.1, -0.05) is 23.7 Å². The van der Waals surface area contributed by atoms with E-state index >= 15 is 0 Å². The summed E-state index contributed by atoms with van der Waals surface area (Å²) in [6.07, 6.45) is 2.77. The normalized spacial score (nSPS) is 25.3. The van der Waals surface area contributed by atoms with E-state index in [0.29, 0.717) is 29.6 Å². The number of hydrogen-bond acceptors (Lipinski definition) is 4. The maximum absolute atomic E-state index is 14.8. The number of carbonyl (C=O) groups is 1. The number of halogens is 4. The predicted octanol–water partition coefficient (Wildman–Crippen LogP) is 5.65. The molecule has 0 bridgehead atoms. The van der Waals surface area contributed by atoms with Crippen molar-refractivity contribution in [1.82, 2.24) is 9.88 Å². The summed E-state index contributed by atoms with van der Waals surface area (Å²) < 4.78 is 34.9. The van der Waals surface area contributed by atoms with Gasteiger partial charge in [0.05, 0.1) is 23.2 Å². The number of piperidine rings is 1. The Morgan fingerprint density at radius 2 is 2.03 bits per heavy atom. The molecule has 1 aliphatic heterocycles. The number of likely N-dealkylation sites (tertiary alicyclic amines) is 1. The van der Waals surface area contributed by atoms with E-state index < -0.39 is 16.8 Å². The summed E-state index contributed by atoms with van der Waals surface area (Å²) in [7, 11) is 1.36. The van der Waals surface area contributed by atoms with Gasteiger partial charge in [-0.3, -0.25) is 9.69 Å². The van der Waals surface area contributed by atoms with Crippen LogP contribution in [0.3, 0.4) is 0 Å². The Bertz CT molecular complexity index is 1020.